The first-order chi connectivity index (χ1) is 14.7. The van der Waals surface area contributed by atoms with E-state index in [4.69, 9.17) is 16.3 Å². The van der Waals surface area contributed by atoms with Gasteiger partial charge in [0.25, 0.3) is 5.91 Å². The second-order valence-corrected chi connectivity index (χ2v) is 8.98. The lowest BCUT2D eigenvalue weighted by atomic mass is 9.85. The monoisotopic (exact) mass is 435 g/mol. The van der Waals surface area contributed by atoms with E-state index in [1.165, 1.54) is 16.7 Å². The van der Waals surface area contributed by atoms with Crippen LogP contribution in [-0.4, -0.2) is 17.6 Å². The second-order valence-electron chi connectivity index (χ2n) is 8.54. The molecule has 0 saturated carbocycles. The molecule has 0 heterocycles. The highest BCUT2D eigenvalue weighted by molar-refractivity contribution is 6.30. The molecule has 3 aromatic rings. The fraction of sp³-hybridized carbons (Fsp3) is 0.296. The number of para-hydroxylation sites is 1. The summed E-state index contributed by atoms with van der Waals surface area (Å²) in [5.74, 6) is 0.641. The lowest BCUT2D eigenvalue weighted by molar-refractivity contribution is -0.135. The van der Waals surface area contributed by atoms with Gasteiger partial charge in [-0.15, -0.1) is 0 Å². The number of amides is 1. The van der Waals surface area contributed by atoms with Crippen LogP contribution in [0.3, 0.4) is 0 Å². The highest BCUT2D eigenvalue weighted by Gasteiger charge is 2.33. The van der Waals surface area contributed by atoms with Crippen LogP contribution in [0, 0.1) is 6.92 Å². The smallest absolute Gasteiger partial charge is 0.263 e. The molecule has 31 heavy (non-hydrogen) atoms. The van der Waals surface area contributed by atoms with E-state index in [-0.39, 0.29) is 17.9 Å². The molecule has 0 aliphatic heterocycles. The number of rotatable bonds is 8. The van der Waals surface area contributed by atoms with E-state index in [2.05, 4.69) is 43.4 Å². The fourth-order valence-electron chi connectivity index (χ4n) is 3.67. The van der Waals surface area contributed by atoms with Crippen LogP contribution in [0.15, 0.2) is 78.9 Å². The lowest BCUT2D eigenvalue weighted by Crippen LogP contribution is -2.51. The summed E-state index contributed by atoms with van der Waals surface area (Å²) in [6.45, 7) is 7.73. The van der Waals surface area contributed by atoms with Gasteiger partial charge in [-0.1, -0.05) is 71.8 Å². The highest BCUT2D eigenvalue weighted by atomic mass is 35.5. The Labute approximate surface area is 190 Å². The first-order valence-electron chi connectivity index (χ1n) is 10.6. The summed E-state index contributed by atoms with van der Waals surface area (Å²) in [6, 6.07) is 25.7. The molecule has 0 aromatic heterocycles. The molecule has 0 bridgehead atoms. The van der Waals surface area contributed by atoms with Crippen molar-refractivity contribution in [2.45, 2.75) is 51.7 Å². The van der Waals surface area contributed by atoms with E-state index in [1.807, 2.05) is 54.6 Å². The Morgan fingerprint density at radius 1 is 1.00 bits per heavy atom. The molecule has 3 nitrogen and oxygen atoms in total. The van der Waals surface area contributed by atoms with Gasteiger partial charge in [0.15, 0.2) is 5.60 Å². The van der Waals surface area contributed by atoms with Gasteiger partial charge in [-0.3, -0.25) is 4.79 Å². The summed E-state index contributed by atoms with van der Waals surface area (Å²) < 4.78 is 5.97. The SMILES string of the molecule is Cc1cccc(C(Cc2ccc(Cl)cc2)C(C)NC(=O)C(C)(C)Oc2ccccc2)c1. The Balaban J connectivity index is 1.79. The van der Waals surface area contributed by atoms with Crippen molar-refractivity contribution in [2.24, 2.45) is 0 Å². The number of nitrogens with one attached hydrogen (secondary N) is 1. The van der Waals surface area contributed by atoms with E-state index in [9.17, 15) is 4.79 Å². The summed E-state index contributed by atoms with van der Waals surface area (Å²) in [7, 11) is 0. The quantitative estimate of drug-likeness (QED) is 0.448. The van der Waals surface area contributed by atoms with Crippen molar-refractivity contribution in [3.63, 3.8) is 0 Å². The van der Waals surface area contributed by atoms with E-state index in [0.29, 0.717) is 5.75 Å². The zero-order valence-electron chi connectivity index (χ0n) is 18.6. The fourth-order valence-corrected chi connectivity index (χ4v) is 3.80. The molecular weight excluding hydrogens is 406 g/mol. The summed E-state index contributed by atoms with van der Waals surface area (Å²) >= 11 is 6.06. The van der Waals surface area contributed by atoms with Crippen LogP contribution in [-0.2, 0) is 11.2 Å². The predicted octanol–water partition coefficient (Wildman–Crippen LogP) is 6.34. The Morgan fingerprint density at radius 2 is 1.68 bits per heavy atom. The van der Waals surface area contributed by atoms with Crippen molar-refractivity contribution in [2.75, 3.05) is 0 Å². The molecule has 3 rings (SSSR count). The third-order valence-electron chi connectivity index (χ3n) is 5.46. The standard InChI is InChI=1S/C27H30ClNO2/c1-19-9-8-10-22(17-19)25(18-21-13-15-23(28)16-14-21)20(2)29-26(30)27(3,4)31-24-11-6-5-7-12-24/h5-17,20,25H,18H2,1-4H3,(H,29,30). The summed E-state index contributed by atoms with van der Waals surface area (Å²) in [4.78, 5) is 13.1. The van der Waals surface area contributed by atoms with Crippen molar-refractivity contribution >= 4 is 17.5 Å². The lowest BCUT2D eigenvalue weighted by Gasteiger charge is -2.31. The Hall–Kier alpha value is -2.78. The molecule has 0 fully saturated rings. The van der Waals surface area contributed by atoms with Gasteiger partial charge in [0.2, 0.25) is 0 Å². The minimum Gasteiger partial charge on any atom is -0.478 e. The third-order valence-corrected chi connectivity index (χ3v) is 5.72. The average Bonchev–Trinajstić information content (AvgIpc) is 2.73. The molecule has 1 N–H and O–H groups in total. The minimum absolute atomic E-state index is 0.0939. The van der Waals surface area contributed by atoms with E-state index in [0.717, 1.165) is 11.4 Å². The maximum atomic E-state index is 13.1. The molecule has 2 atom stereocenters. The van der Waals surface area contributed by atoms with Crippen LogP contribution < -0.4 is 10.1 Å². The van der Waals surface area contributed by atoms with Gasteiger partial charge in [0.1, 0.15) is 5.75 Å². The van der Waals surface area contributed by atoms with Gasteiger partial charge >= 0.3 is 0 Å². The van der Waals surface area contributed by atoms with Crippen LogP contribution in [0.1, 0.15) is 43.4 Å². The average molecular weight is 436 g/mol. The molecule has 4 heteroatoms. The Bertz CT molecular complexity index is 999. The van der Waals surface area contributed by atoms with Gasteiger partial charge in [0.05, 0.1) is 0 Å². The number of carbonyl (C=O) groups is 1. The first kappa shape index (κ1) is 22.9. The molecule has 2 unspecified atom stereocenters. The topological polar surface area (TPSA) is 38.3 Å². The van der Waals surface area contributed by atoms with Gasteiger partial charge in [-0.25, -0.2) is 0 Å². The van der Waals surface area contributed by atoms with Gasteiger partial charge in [-0.2, -0.15) is 0 Å². The molecule has 1 amide bonds. The Kier molecular flexibility index (Phi) is 7.40. The summed E-state index contributed by atoms with van der Waals surface area (Å²) in [6.07, 6.45) is 0.794. The molecule has 0 spiro atoms. The first-order valence-corrected chi connectivity index (χ1v) is 11.0. The molecule has 3 aromatic carbocycles. The van der Waals surface area contributed by atoms with Crippen molar-refractivity contribution < 1.29 is 9.53 Å². The summed E-state index contributed by atoms with van der Waals surface area (Å²) in [5, 5.41) is 3.92. The molecule has 0 radical (unpaired) electrons. The van der Waals surface area contributed by atoms with Crippen molar-refractivity contribution in [1.29, 1.82) is 0 Å². The second kappa shape index (κ2) is 10.0. The van der Waals surface area contributed by atoms with Crippen LogP contribution in [0.4, 0.5) is 0 Å². The molecule has 0 aliphatic rings. The maximum absolute atomic E-state index is 13.1. The van der Waals surface area contributed by atoms with Gasteiger partial charge in [0, 0.05) is 17.0 Å². The normalized spacial score (nSPS) is 13.3. The zero-order valence-corrected chi connectivity index (χ0v) is 19.3. The molecule has 162 valence electrons. The van der Waals surface area contributed by atoms with Gasteiger partial charge in [-0.05, 0) is 69.5 Å². The van der Waals surface area contributed by atoms with E-state index >= 15 is 0 Å². The van der Waals surface area contributed by atoms with Crippen LogP contribution in [0.5, 0.6) is 5.75 Å². The minimum atomic E-state index is -0.993. The number of carbonyl (C=O) groups excluding carboxylic acids is 1. The van der Waals surface area contributed by atoms with E-state index in [1.54, 1.807) is 13.8 Å². The maximum Gasteiger partial charge on any atom is 0.263 e. The van der Waals surface area contributed by atoms with Crippen molar-refractivity contribution in [1.82, 2.24) is 5.32 Å². The van der Waals surface area contributed by atoms with E-state index < -0.39 is 5.60 Å². The molecule has 0 saturated heterocycles. The number of hydrogen-bond donors (Lipinski definition) is 1. The van der Waals surface area contributed by atoms with Gasteiger partial charge < -0.3 is 10.1 Å². The third kappa shape index (κ3) is 6.35. The summed E-state index contributed by atoms with van der Waals surface area (Å²) in [5.41, 5.74) is 2.58. The number of benzene rings is 3. The zero-order chi connectivity index (χ0) is 22.4. The largest absolute Gasteiger partial charge is 0.478 e. The van der Waals surface area contributed by atoms with Crippen molar-refractivity contribution in [3.8, 4) is 5.75 Å². The number of halogens is 1. The van der Waals surface area contributed by atoms with Crippen LogP contribution in [0.25, 0.3) is 0 Å². The number of ether oxygens (including phenoxy) is 1. The highest BCUT2D eigenvalue weighted by Crippen LogP contribution is 2.27. The van der Waals surface area contributed by atoms with Crippen molar-refractivity contribution in [3.05, 3.63) is 101 Å². The predicted molar refractivity (Wildman–Crippen MR) is 128 cm³/mol. The molecular formula is C27H30ClNO2. The number of hydrogen-bond acceptors (Lipinski definition) is 2. The molecule has 0 aliphatic carbocycles. The number of aryl methyl sites for hydroxylation is 1. The van der Waals surface area contributed by atoms with Crippen LogP contribution >= 0.6 is 11.6 Å². The van der Waals surface area contributed by atoms with Crippen LogP contribution in [0.2, 0.25) is 5.02 Å². The Morgan fingerprint density at radius 3 is 2.32 bits per heavy atom.